The summed E-state index contributed by atoms with van der Waals surface area (Å²) in [6, 6.07) is 6.51. The van der Waals surface area contributed by atoms with Gasteiger partial charge in [0, 0.05) is 47.4 Å². The van der Waals surface area contributed by atoms with E-state index >= 15 is 0 Å². The molecule has 19 heavy (non-hydrogen) atoms. The van der Waals surface area contributed by atoms with Gasteiger partial charge in [-0.3, -0.25) is 4.98 Å². The van der Waals surface area contributed by atoms with Gasteiger partial charge in [0.15, 0.2) is 0 Å². The molecule has 2 heterocycles. The number of aromatic nitrogens is 1. The fraction of sp³-hybridized carbons (Fsp3) is 0.400. The second kappa shape index (κ2) is 5.10. The quantitative estimate of drug-likeness (QED) is 0.875. The Labute approximate surface area is 122 Å². The number of nitrogens with one attached hydrogen (secondary N) is 1. The van der Waals surface area contributed by atoms with Crippen LogP contribution in [-0.4, -0.2) is 31.2 Å². The first-order chi connectivity index (χ1) is 9.16. The first kappa shape index (κ1) is 12.9. The summed E-state index contributed by atoms with van der Waals surface area (Å²) in [5.41, 5.74) is 4.74. The minimum absolute atomic E-state index is 1.05. The van der Waals surface area contributed by atoms with Crippen molar-refractivity contribution in [2.75, 3.05) is 31.1 Å². The van der Waals surface area contributed by atoms with E-state index in [1.807, 2.05) is 0 Å². The molecule has 100 valence electrons. The zero-order chi connectivity index (χ0) is 13.4. The van der Waals surface area contributed by atoms with Crippen molar-refractivity contribution in [3.63, 3.8) is 0 Å². The summed E-state index contributed by atoms with van der Waals surface area (Å²) in [4.78, 5) is 7.18. The lowest BCUT2D eigenvalue weighted by molar-refractivity contribution is 0.590. The fourth-order valence-corrected chi connectivity index (χ4v) is 3.00. The van der Waals surface area contributed by atoms with E-state index in [2.05, 4.69) is 58.2 Å². The van der Waals surface area contributed by atoms with Gasteiger partial charge in [0.1, 0.15) is 0 Å². The summed E-state index contributed by atoms with van der Waals surface area (Å²) in [5, 5.41) is 4.66. The molecule has 4 heteroatoms. The normalized spacial score (nSPS) is 16.1. The predicted molar refractivity (Wildman–Crippen MR) is 84.0 cm³/mol. The van der Waals surface area contributed by atoms with Crippen LogP contribution < -0.4 is 10.2 Å². The lowest BCUT2D eigenvalue weighted by atomic mass is 10.1. The SMILES string of the molecule is Cc1cc(N2CCNCC2)c2ccc(Br)c(C)c2n1. The summed E-state index contributed by atoms with van der Waals surface area (Å²) >= 11 is 3.60. The number of nitrogens with zero attached hydrogens (tertiary/aromatic N) is 2. The Hall–Kier alpha value is -1.13. The van der Waals surface area contributed by atoms with Crippen LogP contribution >= 0.6 is 15.9 Å². The maximum Gasteiger partial charge on any atom is 0.0766 e. The van der Waals surface area contributed by atoms with Crippen LogP contribution in [0.3, 0.4) is 0 Å². The predicted octanol–water partition coefficient (Wildman–Crippen LogP) is 3.02. The van der Waals surface area contributed by atoms with Gasteiger partial charge < -0.3 is 10.2 Å². The second-order valence-electron chi connectivity index (χ2n) is 5.09. The van der Waals surface area contributed by atoms with E-state index < -0.39 is 0 Å². The summed E-state index contributed by atoms with van der Waals surface area (Å²) in [5.74, 6) is 0. The largest absolute Gasteiger partial charge is 0.368 e. The Balaban J connectivity index is 2.20. The van der Waals surface area contributed by atoms with Crippen LogP contribution in [0.1, 0.15) is 11.3 Å². The first-order valence-electron chi connectivity index (χ1n) is 6.69. The van der Waals surface area contributed by atoms with Gasteiger partial charge in [0.2, 0.25) is 0 Å². The van der Waals surface area contributed by atoms with E-state index in [9.17, 15) is 0 Å². The maximum absolute atomic E-state index is 4.72. The highest BCUT2D eigenvalue weighted by atomic mass is 79.9. The summed E-state index contributed by atoms with van der Waals surface area (Å²) < 4.78 is 1.13. The molecule has 1 aromatic carbocycles. The molecule has 1 saturated heterocycles. The Morgan fingerprint density at radius 1 is 1.21 bits per heavy atom. The molecule has 0 radical (unpaired) electrons. The number of aryl methyl sites for hydroxylation is 2. The fourth-order valence-electron chi connectivity index (χ4n) is 2.68. The molecule has 0 unspecified atom stereocenters. The molecule has 0 saturated carbocycles. The van der Waals surface area contributed by atoms with Gasteiger partial charge in [-0.15, -0.1) is 0 Å². The number of hydrogen-bond donors (Lipinski definition) is 1. The molecule has 1 aromatic heterocycles. The van der Waals surface area contributed by atoms with E-state index in [0.717, 1.165) is 41.9 Å². The highest BCUT2D eigenvalue weighted by molar-refractivity contribution is 9.10. The molecule has 1 fully saturated rings. The van der Waals surface area contributed by atoms with E-state index in [1.165, 1.54) is 16.6 Å². The number of pyridine rings is 1. The lowest BCUT2D eigenvalue weighted by Gasteiger charge is -2.30. The van der Waals surface area contributed by atoms with Crippen molar-refractivity contribution >= 4 is 32.5 Å². The molecule has 0 bridgehead atoms. The van der Waals surface area contributed by atoms with E-state index in [4.69, 9.17) is 4.98 Å². The summed E-state index contributed by atoms with van der Waals surface area (Å²) in [6.45, 7) is 8.43. The molecular formula is C15H18BrN3. The van der Waals surface area contributed by atoms with Crippen molar-refractivity contribution in [1.29, 1.82) is 0 Å². The molecule has 1 aliphatic heterocycles. The minimum atomic E-state index is 1.05. The molecule has 2 aromatic rings. The van der Waals surface area contributed by atoms with Gasteiger partial charge in [0.25, 0.3) is 0 Å². The first-order valence-corrected chi connectivity index (χ1v) is 7.48. The zero-order valence-corrected chi connectivity index (χ0v) is 12.9. The lowest BCUT2D eigenvalue weighted by Crippen LogP contribution is -2.43. The molecule has 0 atom stereocenters. The molecule has 0 spiro atoms. The minimum Gasteiger partial charge on any atom is -0.368 e. The maximum atomic E-state index is 4.72. The van der Waals surface area contributed by atoms with Gasteiger partial charge >= 0.3 is 0 Å². The Kier molecular flexibility index (Phi) is 3.46. The van der Waals surface area contributed by atoms with Gasteiger partial charge in [-0.1, -0.05) is 15.9 Å². The summed E-state index contributed by atoms with van der Waals surface area (Å²) in [6.07, 6.45) is 0. The van der Waals surface area contributed by atoms with Crippen molar-refractivity contribution in [3.8, 4) is 0 Å². The van der Waals surface area contributed by atoms with Crippen LogP contribution in [0.25, 0.3) is 10.9 Å². The third-order valence-electron chi connectivity index (χ3n) is 3.73. The molecule has 0 amide bonds. The molecule has 1 N–H and O–H groups in total. The average Bonchev–Trinajstić information content (AvgIpc) is 2.44. The van der Waals surface area contributed by atoms with Crippen molar-refractivity contribution in [2.45, 2.75) is 13.8 Å². The molecule has 0 aliphatic carbocycles. The number of hydrogen-bond acceptors (Lipinski definition) is 3. The molecular weight excluding hydrogens is 302 g/mol. The Bertz CT molecular complexity index is 618. The van der Waals surface area contributed by atoms with Gasteiger partial charge in [-0.25, -0.2) is 0 Å². The number of rotatable bonds is 1. The van der Waals surface area contributed by atoms with Crippen LogP contribution in [-0.2, 0) is 0 Å². The van der Waals surface area contributed by atoms with Crippen LogP contribution in [0, 0.1) is 13.8 Å². The number of anilines is 1. The molecule has 3 nitrogen and oxygen atoms in total. The Morgan fingerprint density at radius 2 is 1.95 bits per heavy atom. The molecule has 3 rings (SSSR count). The van der Waals surface area contributed by atoms with Crippen molar-refractivity contribution in [2.24, 2.45) is 0 Å². The van der Waals surface area contributed by atoms with Crippen LogP contribution in [0.5, 0.6) is 0 Å². The topological polar surface area (TPSA) is 28.2 Å². The van der Waals surface area contributed by atoms with Crippen molar-refractivity contribution < 1.29 is 0 Å². The van der Waals surface area contributed by atoms with Crippen LogP contribution in [0.15, 0.2) is 22.7 Å². The highest BCUT2D eigenvalue weighted by Gasteiger charge is 2.15. The van der Waals surface area contributed by atoms with E-state index in [1.54, 1.807) is 0 Å². The third kappa shape index (κ3) is 2.35. The summed E-state index contributed by atoms with van der Waals surface area (Å²) in [7, 11) is 0. The smallest absolute Gasteiger partial charge is 0.0766 e. The third-order valence-corrected chi connectivity index (χ3v) is 4.59. The van der Waals surface area contributed by atoms with Crippen molar-refractivity contribution in [3.05, 3.63) is 33.9 Å². The number of piperazine rings is 1. The molecule has 1 aliphatic rings. The van der Waals surface area contributed by atoms with Gasteiger partial charge in [-0.2, -0.15) is 0 Å². The Morgan fingerprint density at radius 3 is 2.68 bits per heavy atom. The second-order valence-corrected chi connectivity index (χ2v) is 5.94. The van der Waals surface area contributed by atoms with E-state index in [0.29, 0.717) is 0 Å². The number of halogens is 1. The number of fused-ring (bicyclic) bond motifs is 1. The zero-order valence-electron chi connectivity index (χ0n) is 11.3. The average molecular weight is 320 g/mol. The standard InChI is InChI=1S/C15H18BrN3/c1-10-9-14(19-7-5-17-6-8-19)12-3-4-13(16)11(2)15(12)18-10/h3-4,9,17H,5-8H2,1-2H3. The van der Waals surface area contributed by atoms with Gasteiger partial charge in [-0.05, 0) is 37.6 Å². The van der Waals surface area contributed by atoms with Crippen molar-refractivity contribution in [1.82, 2.24) is 10.3 Å². The monoisotopic (exact) mass is 319 g/mol. The van der Waals surface area contributed by atoms with E-state index in [-0.39, 0.29) is 0 Å². The van der Waals surface area contributed by atoms with Crippen LogP contribution in [0.2, 0.25) is 0 Å². The highest BCUT2D eigenvalue weighted by Crippen LogP contribution is 2.32. The number of benzene rings is 1. The van der Waals surface area contributed by atoms with Crippen LogP contribution in [0.4, 0.5) is 5.69 Å². The van der Waals surface area contributed by atoms with Gasteiger partial charge in [0.05, 0.1) is 5.52 Å².